The van der Waals surface area contributed by atoms with Gasteiger partial charge in [-0.3, -0.25) is 5.26 Å². The summed E-state index contributed by atoms with van der Waals surface area (Å²) < 4.78 is 0. The van der Waals surface area contributed by atoms with E-state index >= 15 is 0 Å². The normalized spacial score (nSPS) is 9.00. The lowest BCUT2D eigenvalue weighted by Gasteiger charge is -2.19. The van der Waals surface area contributed by atoms with Crippen molar-refractivity contribution in [2.24, 2.45) is 0 Å². The van der Waals surface area contributed by atoms with Crippen LogP contribution in [0.15, 0.2) is 23.3 Å². The Morgan fingerprint density at radius 3 is 1.25 bits per heavy atom. The Morgan fingerprint density at radius 2 is 1.25 bits per heavy atom. The Labute approximate surface area is 98.2 Å². The molecule has 0 aliphatic carbocycles. The molecule has 0 radical (unpaired) electrons. The molecule has 0 saturated heterocycles. The van der Waals surface area contributed by atoms with Gasteiger partial charge in [0.05, 0.1) is 0 Å². The van der Waals surface area contributed by atoms with Gasteiger partial charge in [0.25, 0.3) is 0 Å². The van der Waals surface area contributed by atoms with Crippen LogP contribution in [0.3, 0.4) is 0 Å². The quantitative estimate of drug-likeness (QED) is 0.439. The first kappa shape index (κ1) is 20.4. The van der Waals surface area contributed by atoms with Gasteiger partial charge in [-0.1, -0.05) is 17.7 Å². The summed E-state index contributed by atoms with van der Waals surface area (Å²) in [5.41, 5.74) is 3.06. The molecule has 16 heavy (non-hydrogen) atoms. The molecule has 0 amide bonds. The molecule has 0 atom stereocenters. The van der Waals surface area contributed by atoms with Crippen molar-refractivity contribution in [3.63, 3.8) is 0 Å². The second-order valence-corrected chi connectivity index (χ2v) is 4.38. The summed E-state index contributed by atoms with van der Waals surface area (Å²) in [5.74, 6) is 0. The standard InChI is InChI=1S/C6H12O2.C6H12.O2/c1-5(2)6(3,4)8-7;1-5(2)6(3)4;1-2/h7H,1H2,2-4H3;1-4H3;. The van der Waals surface area contributed by atoms with E-state index < -0.39 is 5.60 Å². The van der Waals surface area contributed by atoms with Crippen LogP contribution in [0.25, 0.3) is 0 Å². The molecule has 0 aliphatic heterocycles. The lowest BCUT2D eigenvalue weighted by Crippen LogP contribution is -2.23. The van der Waals surface area contributed by atoms with Gasteiger partial charge in [0.1, 0.15) is 5.60 Å². The van der Waals surface area contributed by atoms with E-state index in [1.165, 1.54) is 11.1 Å². The van der Waals surface area contributed by atoms with Gasteiger partial charge >= 0.3 is 0 Å². The molecule has 1 N–H and O–H groups in total. The van der Waals surface area contributed by atoms with Crippen molar-refractivity contribution >= 4 is 0 Å². The van der Waals surface area contributed by atoms with Crippen molar-refractivity contribution in [3.8, 4) is 0 Å². The molecule has 0 aromatic carbocycles. The minimum atomic E-state index is -0.597. The van der Waals surface area contributed by atoms with Crippen LogP contribution in [0.2, 0.25) is 0 Å². The largest absolute Gasteiger partial charge is 0.251 e. The van der Waals surface area contributed by atoms with Gasteiger partial charge < -0.3 is 0 Å². The molecule has 0 spiro atoms. The molecule has 0 bridgehead atoms. The number of allylic oxidation sites excluding steroid dienone is 2. The predicted octanol–water partition coefficient (Wildman–Crippen LogP) is 4.26. The van der Waals surface area contributed by atoms with E-state index in [1.807, 2.05) is 0 Å². The zero-order chi connectivity index (χ0) is 13.9. The summed E-state index contributed by atoms with van der Waals surface area (Å²) >= 11 is 0. The molecule has 0 heterocycles. The molecule has 0 aromatic rings. The highest BCUT2D eigenvalue weighted by Crippen LogP contribution is 2.15. The molecule has 0 unspecified atom stereocenters. The van der Waals surface area contributed by atoms with Crippen molar-refractivity contribution in [1.29, 1.82) is 0 Å². The average Bonchev–Trinajstić information content (AvgIpc) is 2.21. The molecular formula is C12H24O4. The molecule has 0 aromatic heterocycles. The average molecular weight is 232 g/mol. The third-order valence-electron chi connectivity index (χ3n) is 2.26. The van der Waals surface area contributed by atoms with Crippen LogP contribution in [0.1, 0.15) is 48.5 Å². The molecule has 0 saturated carbocycles. The van der Waals surface area contributed by atoms with Crippen LogP contribution in [0.4, 0.5) is 0 Å². The monoisotopic (exact) mass is 232 g/mol. The van der Waals surface area contributed by atoms with E-state index in [1.54, 1.807) is 20.8 Å². The maximum absolute atomic E-state index is 8.20. The summed E-state index contributed by atoms with van der Waals surface area (Å²) in [6, 6.07) is 0. The highest BCUT2D eigenvalue weighted by atomic mass is 17.1. The molecule has 0 fully saturated rings. The van der Waals surface area contributed by atoms with Gasteiger partial charge in [0.15, 0.2) is 0 Å². The highest BCUT2D eigenvalue weighted by molar-refractivity contribution is 5.04. The molecule has 4 nitrogen and oxygen atoms in total. The molecular weight excluding hydrogens is 208 g/mol. The molecule has 0 aliphatic rings. The fourth-order valence-electron chi connectivity index (χ4n) is 0.0779. The molecule has 0 rings (SSSR count). The zero-order valence-electron chi connectivity index (χ0n) is 11.4. The third kappa shape index (κ3) is 13.0. The SMILES string of the molecule is C=C(C)C(C)(C)OO.CC(C)=C(C)C.O=O. The van der Waals surface area contributed by atoms with E-state index in [2.05, 4.69) is 39.2 Å². The van der Waals surface area contributed by atoms with Gasteiger partial charge in [0.2, 0.25) is 0 Å². The molecule has 96 valence electrons. The van der Waals surface area contributed by atoms with Crippen molar-refractivity contribution < 1.29 is 10.1 Å². The number of hydrogen-bond acceptors (Lipinski definition) is 4. The zero-order valence-corrected chi connectivity index (χ0v) is 11.4. The minimum Gasteiger partial charge on any atom is -0.251 e. The third-order valence-corrected chi connectivity index (χ3v) is 2.26. The maximum atomic E-state index is 8.20. The van der Waals surface area contributed by atoms with Crippen molar-refractivity contribution in [1.82, 2.24) is 0 Å². The fraction of sp³-hybridized carbons (Fsp3) is 0.667. The Bertz CT molecular complexity index is 211. The first-order chi connectivity index (χ1) is 7.15. The maximum Gasteiger partial charge on any atom is 0.118 e. The summed E-state index contributed by atoms with van der Waals surface area (Å²) in [4.78, 5) is 18.1. The van der Waals surface area contributed by atoms with Crippen molar-refractivity contribution in [2.75, 3.05) is 0 Å². The highest BCUT2D eigenvalue weighted by Gasteiger charge is 2.18. The Balaban J connectivity index is -0.000000188. The first-order valence-corrected chi connectivity index (χ1v) is 4.91. The molecule has 4 heteroatoms. The lowest BCUT2D eigenvalue weighted by atomic mass is 10.0. The van der Waals surface area contributed by atoms with Crippen LogP contribution in [-0.4, -0.2) is 10.9 Å². The van der Waals surface area contributed by atoms with Crippen molar-refractivity contribution in [3.05, 3.63) is 33.2 Å². The fourth-order valence-corrected chi connectivity index (χ4v) is 0.0779. The Kier molecular flexibility index (Phi) is 13.4. The van der Waals surface area contributed by atoms with E-state index in [-0.39, 0.29) is 0 Å². The van der Waals surface area contributed by atoms with Crippen LogP contribution in [-0.2, 0) is 4.89 Å². The van der Waals surface area contributed by atoms with Gasteiger partial charge in [-0.2, -0.15) is 0 Å². The lowest BCUT2D eigenvalue weighted by molar-refractivity contribution is -0.300. The summed E-state index contributed by atoms with van der Waals surface area (Å²) in [7, 11) is 0. The van der Waals surface area contributed by atoms with E-state index in [4.69, 9.17) is 15.2 Å². The van der Waals surface area contributed by atoms with Crippen LogP contribution in [0.5, 0.6) is 0 Å². The second kappa shape index (κ2) is 10.5. The van der Waals surface area contributed by atoms with E-state index in [0.29, 0.717) is 0 Å². The number of hydrogen-bond donors (Lipinski definition) is 1. The predicted molar refractivity (Wildman–Crippen MR) is 69.1 cm³/mol. The van der Waals surface area contributed by atoms with Gasteiger partial charge in [-0.25, -0.2) is 4.89 Å². The Hall–Kier alpha value is -1.00. The van der Waals surface area contributed by atoms with Crippen molar-refractivity contribution in [2.45, 2.75) is 54.1 Å². The summed E-state index contributed by atoms with van der Waals surface area (Å²) in [6.45, 7) is 17.4. The van der Waals surface area contributed by atoms with E-state index in [0.717, 1.165) is 5.57 Å². The van der Waals surface area contributed by atoms with Gasteiger partial charge in [0, 0.05) is 9.93 Å². The Morgan fingerprint density at radius 1 is 1.00 bits per heavy atom. The van der Waals surface area contributed by atoms with Crippen LogP contribution >= 0.6 is 0 Å². The van der Waals surface area contributed by atoms with E-state index in [9.17, 15) is 0 Å². The van der Waals surface area contributed by atoms with Crippen LogP contribution < -0.4 is 0 Å². The summed E-state index contributed by atoms with van der Waals surface area (Å²) in [6.07, 6.45) is 0. The minimum absolute atomic E-state index is 0.597. The number of rotatable bonds is 2. The second-order valence-electron chi connectivity index (χ2n) is 4.38. The van der Waals surface area contributed by atoms with Crippen LogP contribution in [0, 0.1) is 9.93 Å². The smallest absolute Gasteiger partial charge is 0.118 e. The summed E-state index contributed by atoms with van der Waals surface area (Å²) in [5, 5.41) is 8.20. The first-order valence-electron chi connectivity index (χ1n) is 4.91. The van der Waals surface area contributed by atoms with Gasteiger partial charge in [-0.15, -0.1) is 0 Å². The van der Waals surface area contributed by atoms with Gasteiger partial charge in [-0.05, 0) is 54.0 Å². The topological polar surface area (TPSA) is 63.6 Å².